The molecule has 1 saturated heterocycles. The van der Waals surface area contributed by atoms with Gasteiger partial charge >= 0.3 is 0 Å². The van der Waals surface area contributed by atoms with E-state index in [1.54, 1.807) is 26.5 Å². The molecule has 4 aromatic rings. The van der Waals surface area contributed by atoms with Crippen molar-refractivity contribution in [2.75, 3.05) is 52.4 Å². The summed E-state index contributed by atoms with van der Waals surface area (Å²) in [5, 5.41) is 6.30. The molecule has 10 heteroatoms. The van der Waals surface area contributed by atoms with E-state index < -0.39 is 0 Å². The van der Waals surface area contributed by atoms with E-state index in [0.717, 1.165) is 61.1 Å². The van der Waals surface area contributed by atoms with E-state index in [0.29, 0.717) is 28.9 Å². The summed E-state index contributed by atoms with van der Waals surface area (Å²) in [6.45, 7) is 4.97. The first-order valence-electron chi connectivity index (χ1n) is 13.2. The Morgan fingerprint density at radius 2 is 1.80 bits per heavy atom. The Morgan fingerprint density at radius 3 is 2.58 bits per heavy atom. The summed E-state index contributed by atoms with van der Waals surface area (Å²) in [5.41, 5.74) is 3.84. The van der Waals surface area contributed by atoms with Gasteiger partial charge in [0.05, 0.1) is 42.9 Å². The summed E-state index contributed by atoms with van der Waals surface area (Å²) >= 11 is 1.39. The predicted molar refractivity (Wildman–Crippen MR) is 157 cm³/mol. The minimum atomic E-state index is -0.153. The molecule has 0 spiro atoms. The predicted octanol–water partition coefficient (Wildman–Crippen LogP) is 4.77. The zero-order chi connectivity index (χ0) is 27.7. The molecule has 0 atom stereocenters. The Bertz CT molecular complexity index is 1410. The number of ether oxygens (including phenoxy) is 3. The van der Waals surface area contributed by atoms with Crippen LogP contribution >= 0.6 is 11.3 Å². The normalized spacial score (nSPS) is 13.6. The van der Waals surface area contributed by atoms with Crippen LogP contribution in [0, 0.1) is 0 Å². The third kappa shape index (κ3) is 7.35. The van der Waals surface area contributed by atoms with Crippen LogP contribution in [-0.2, 0) is 17.7 Å². The van der Waals surface area contributed by atoms with Gasteiger partial charge in [-0.3, -0.25) is 9.69 Å². The molecular weight excluding hydrogens is 526 g/mol. The number of carbonyl (C=O) groups excluding carboxylic acids is 1. The average molecular weight is 560 g/mol. The molecule has 0 aliphatic carbocycles. The Kier molecular flexibility index (Phi) is 9.22. The summed E-state index contributed by atoms with van der Waals surface area (Å²) in [6.07, 6.45) is 2.70. The van der Waals surface area contributed by atoms with Crippen LogP contribution in [0.2, 0.25) is 0 Å². The van der Waals surface area contributed by atoms with Gasteiger partial charge in [-0.2, -0.15) is 0 Å². The van der Waals surface area contributed by atoms with Crippen LogP contribution in [0.4, 0.5) is 11.6 Å². The summed E-state index contributed by atoms with van der Waals surface area (Å²) in [4.78, 5) is 25.9. The van der Waals surface area contributed by atoms with Crippen LogP contribution in [0.25, 0.3) is 10.6 Å². The van der Waals surface area contributed by atoms with Crippen molar-refractivity contribution in [1.29, 1.82) is 0 Å². The first kappa shape index (κ1) is 27.6. The molecule has 1 aliphatic heterocycles. The highest BCUT2D eigenvalue weighted by Crippen LogP contribution is 2.28. The third-order valence-electron chi connectivity index (χ3n) is 6.61. The van der Waals surface area contributed by atoms with Crippen LogP contribution in [0.5, 0.6) is 11.5 Å². The van der Waals surface area contributed by atoms with E-state index >= 15 is 0 Å². The largest absolute Gasteiger partial charge is 0.497 e. The number of aromatic nitrogens is 2. The monoisotopic (exact) mass is 559 g/mol. The van der Waals surface area contributed by atoms with Crippen molar-refractivity contribution in [1.82, 2.24) is 20.2 Å². The van der Waals surface area contributed by atoms with Gasteiger partial charge in [0, 0.05) is 44.1 Å². The summed E-state index contributed by atoms with van der Waals surface area (Å²) in [5.74, 6) is 1.71. The van der Waals surface area contributed by atoms with Crippen molar-refractivity contribution in [2.45, 2.75) is 13.0 Å². The van der Waals surface area contributed by atoms with Gasteiger partial charge < -0.3 is 24.8 Å². The molecule has 0 bridgehead atoms. The van der Waals surface area contributed by atoms with E-state index in [4.69, 9.17) is 19.2 Å². The van der Waals surface area contributed by atoms with E-state index in [9.17, 15) is 4.79 Å². The van der Waals surface area contributed by atoms with Crippen LogP contribution in [0.1, 0.15) is 20.8 Å². The van der Waals surface area contributed by atoms with E-state index in [1.165, 1.54) is 16.9 Å². The van der Waals surface area contributed by atoms with Gasteiger partial charge in [-0.1, -0.05) is 12.1 Å². The van der Waals surface area contributed by atoms with Crippen molar-refractivity contribution in [2.24, 2.45) is 0 Å². The molecule has 5 rings (SSSR count). The van der Waals surface area contributed by atoms with Gasteiger partial charge in [0.2, 0.25) is 5.95 Å². The molecule has 1 amide bonds. The lowest BCUT2D eigenvalue weighted by Crippen LogP contribution is -2.37. The van der Waals surface area contributed by atoms with E-state index in [1.807, 2.05) is 42.5 Å². The number of morpholine rings is 1. The number of nitrogens with one attached hydrogen (secondary N) is 2. The Morgan fingerprint density at radius 1 is 1.00 bits per heavy atom. The molecule has 0 unspecified atom stereocenters. The van der Waals surface area contributed by atoms with Crippen molar-refractivity contribution in [3.8, 4) is 22.1 Å². The number of carbonyl (C=O) groups is 1. The molecule has 40 heavy (non-hydrogen) atoms. The summed E-state index contributed by atoms with van der Waals surface area (Å²) in [7, 11) is 3.20. The van der Waals surface area contributed by atoms with Crippen LogP contribution < -0.4 is 20.1 Å². The lowest BCUT2D eigenvalue weighted by Gasteiger charge is -2.26. The first-order valence-corrected chi connectivity index (χ1v) is 14.0. The Balaban J connectivity index is 1.20. The molecule has 2 aromatic heterocycles. The highest BCUT2D eigenvalue weighted by atomic mass is 32.1. The second kappa shape index (κ2) is 13.4. The second-order valence-corrected chi connectivity index (χ2v) is 10.4. The van der Waals surface area contributed by atoms with Crippen molar-refractivity contribution in [3.63, 3.8) is 0 Å². The number of amides is 1. The second-order valence-electron chi connectivity index (χ2n) is 9.36. The molecule has 2 aromatic carbocycles. The fourth-order valence-corrected chi connectivity index (χ4v) is 5.33. The minimum Gasteiger partial charge on any atom is -0.497 e. The molecule has 208 valence electrons. The lowest BCUT2D eigenvalue weighted by atomic mass is 10.1. The van der Waals surface area contributed by atoms with Crippen LogP contribution in [-0.4, -0.2) is 67.8 Å². The minimum absolute atomic E-state index is 0.153. The van der Waals surface area contributed by atoms with Gasteiger partial charge in [0.15, 0.2) is 0 Å². The average Bonchev–Trinajstić information content (AvgIpc) is 3.50. The molecular formula is C30H33N5O4S. The number of nitrogens with zero attached hydrogens (tertiary/aromatic N) is 3. The zero-order valence-electron chi connectivity index (χ0n) is 22.7. The topological polar surface area (TPSA) is 97.8 Å². The first-order chi connectivity index (χ1) is 19.6. The number of thiophene rings is 1. The lowest BCUT2D eigenvalue weighted by molar-refractivity contribution is 0.0384. The maximum absolute atomic E-state index is 12.8. The molecule has 1 fully saturated rings. The van der Waals surface area contributed by atoms with E-state index in [2.05, 4.69) is 32.7 Å². The number of rotatable bonds is 11. The number of hydrogen-bond donors (Lipinski definition) is 2. The highest BCUT2D eigenvalue weighted by Gasteiger charge is 2.13. The molecule has 9 nitrogen and oxygen atoms in total. The summed E-state index contributed by atoms with van der Waals surface area (Å²) in [6, 6.07) is 19.5. The van der Waals surface area contributed by atoms with Gasteiger partial charge in [-0.25, -0.2) is 9.97 Å². The standard InChI is InChI=1S/C30H33N5O4S/c1-37-24-17-22(18-25(19-24)38-2)20-32-29(36)28-7-6-27(40-28)26-8-10-31-30(34-26)33-23-5-3-4-21(16-23)9-11-35-12-14-39-15-13-35/h3-8,10,16-19H,9,11-15,20H2,1-2H3,(H,32,36)(H,31,33,34). The maximum atomic E-state index is 12.8. The quantitative estimate of drug-likeness (QED) is 0.271. The molecule has 0 saturated carbocycles. The van der Waals surface area contributed by atoms with E-state index in [-0.39, 0.29) is 5.91 Å². The number of methoxy groups -OCH3 is 2. The Hall–Kier alpha value is -3.99. The molecule has 1 aliphatic rings. The van der Waals surface area contributed by atoms with Crippen molar-refractivity contribution in [3.05, 3.63) is 82.9 Å². The summed E-state index contributed by atoms with van der Waals surface area (Å²) < 4.78 is 16.1. The fraction of sp³-hybridized carbons (Fsp3) is 0.300. The molecule has 2 N–H and O–H groups in total. The van der Waals surface area contributed by atoms with Gasteiger partial charge in [0.25, 0.3) is 5.91 Å². The number of anilines is 2. The smallest absolute Gasteiger partial charge is 0.261 e. The zero-order valence-corrected chi connectivity index (χ0v) is 23.5. The third-order valence-corrected chi connectivity index (χ3v) is 7.71. The number of hydrogen-bond acceptors (Lipinski definition) is 9. The maximum Gasteiger partial charge on any atom is 0.261 e. The Labute approximate surface area is 238 Å². The van der Waals surface area contributed by atoms with Gasteiger partial charge in [-0.15, -0.1) is 11.3 Å². The van der Waals surface area contributed by atoms with Gasteiger partial charge in [0.1, 0.15) is 11.5 Å². The molecule has 3 heterocycles. The van der Waals surface area contributed by atoms with Crippen LogP contribution in [0.3, 0.4) is 0 Å². The van der Waals surface area contributed by atoms with Gasteiger partial charge in [-0.05, 0) is 60.0 Å². The fourth-order valence-electron chi connectivity index (χ4n) is 4.44. The SMILES string of the molecule is COc1cc(CNC(=O)c2ccc(-c3ccnc(Nc4cccc(CCN5CCOCC5)c4)n3)s2)cc(OC)c1. The van der Waals surface area contributed by atoms with Crippen molar-refractivity contribution < 1.29 is 19.0 Å². The van der Waals surface area contributed by atoms with Crippen LogP contribution in [0.15, 0.2) is 66.9 Å². The number of benzene rings is 2. The highest BCUT2D eigenvalue weighted by molar-refractivity contribution is 7.17. The molecule has 0 radical (unpaired) electrons. The van der Waals surface area contributed by atoms with Crippen molar-refractivity contribution >= 4 is 28.9 Å².